The first-order valence-electron chi connectivity index (χ1n) is 8.29. The fourth-order valence-corrected chi connectivity index (χ4v) is 3.74. The molecule has 0 N–H and O–H groups in total. The van der Waals surface area contributed by atoms with Crippen LogP contribution in [0.1, 0.15) is 52.2 Å². The van der Waals surface area contributed by atoms with Crippen LogP contribution in [0.4, 0.5) is 8.78 Å². The lowest BCUT2D eigenvalue weighted by Gasteiger charge is -2.30. The lowest BCUT2D eigenvalue weighted by molar-refractivity contribution is 0.288. The highest BCUT2D eigenvalue weighted by Crippen LogP contribution is 2.32. The first-order valence-corrected chi connectivity index (χ1v) is 9.09. The van der Waals surface area contributed by atoms with Crippen molar-refractivity contribution >= 4 is 21.6 Å². The summed E-state index contributed by atoms with van der Waals surface area (Å²) in [5, 5.41) is 0. The summed E-state index contributed by atoms with van der Waals surface area (Å²) in [7, 11) is 0. The molecule has 0 radical (unpaired) electrons. The molecule has 0 atom stereocenters. The summed E-state index contributed by atoms with van der Waals surface area (Å²) in [6.07, 6.45) is 0.782. The minimum Gasteiger partial charge on any atom is -0.278 e. The molecular weight excluding hydrogens is 384 g/mol. The molecule has 0 saturated heterocycles. The van der Waals surface area contributed by atoms with Crippen LogP contribution in [0.5, 0.6) is 0 Å². The molecule has 0 amide bonds. The van der Waals surface area contributed by atoms with Crippen LogP contribution in [0.2, 0.25) is 0 Å². The molecular formula is C21H24BrF2N. The van der Waals surface area contributed by atoms with E-state index in [4.69, 9.17) is 4.99 Å². The van der Waals surface area contributed by atoms with Gasteiger partial charge in [-0.2, -0.15) is 0 Å². The molecule has 134 valence electrons. The van der Waals surface area contributed by atoms with Gasteiger partial charge in [-0.1, -0.05) is 61.0 Å². The maximum Gasteiger partial charge on any atom is 0.135 e. The summed E-state index contributed by atoms with van der Waals surface area (Å²) in [5.74, 6) is -1.22. The normalized spacial score (nSPS) is 13.2. The van der Waals surface area contributed by atoms with Gasteiger partial charge in [0.25, 0.3) is 0 Å². The maximum atomic E-state index is 14.5. The average Bonchev–Trinajstić information content (AvgIpc) is 2.43. The third-order valence-corrected chi connectivity index (χ3v) is 4.40. The first kappa shape index (κ1) is 19.8. The Labute approximate surface area is 157 Å². The Bertz CT molecular complexity index is 768. The number of nitrogens with zero attached hydrogens (tertiary/aromatic N) is 1. The highest BCUT2D eigenvalue weighted by atomic mass is 79.9. The molecule has 0 fully saturated rings. The second-order valence-electron chi connectivity index (χ2n) is 8.09. The van der Waals surface area contributed by atoms with Crippen LogP contribution in [-0.4, -0.2) is 11.3 Å². The molecule has 0 spiro atoms. The van der Waals surface area contributed by atoms with Crippen molar-refractivity contribution in [1.29, 1.82) is 0 Å². The second-order valence-corrected chi connectivity index (χ2v) is 8.94. The summed E-state index contributed by atoms with van der Waals surface area (Å²) in [6.45, 7) is 10.4. The van der Waals surface area contributed by atoms with E-state index < -0.39 is 17.2 Å². The molecule has 2 aromatic carbocycles. The largest absolute Gasteiger partial charge is 0.278 e. The van der Waals surface area contributed by atoms with E-state index in [0.29, 0.717) is 11.3 Å². The zero-order valence-electron chi connectivity index (χ0n) is 15.3. The number of halogens is 3. The minimum absolute atomic E-state index is 0.0415. The fraction of sp³-hybridized carbons (Fsp3) is 0.381. The van der Waals surface area contributed by atoms with E-state index in [0.717, 1.165) is 10.9 Å². The van der Waals surface area contributed by atoms with E-state index >= 15 is 0 Å². The Kier molecular flexibility index (Phi) is 5.82. The van der Waals surface area contributed by atoms with Gasteiger partial charge in [0.05, 0.1) is 16.8 Å². The summed E-state index contributed by atoms with van der Waals surface area (Å²) < 4.78 is 29.7. The van der Waals surface area contributed by atoms with Crippen molar-refractivity contribution in [1.82, 2.24) is 0 Å². The molecule has 2 aromatic rings. The van der Waals surface area contributed by atoms with Crippen LogP contribution in [0, 0.1) is 17.0 Å². The molecule has 2 rings (SSSR count). The topological polar surface area (TPSA) is 12.4 Å². The van der Waals surface area contributed by atoms with E-state index in [-0.39, 0.29) is 11.0 Å². The highest BCUT2D eigenvalue weighted by molar-refractivity contribution is 9.10. The van der Waals surface area contributed by atoms with Crippen LogP contribution in [0.25, 0.3) is 0 Å². The molecule has 0 saturated carbocycles. The van der Waals surface area contributed by atoms with E-state index in [2.05, 4.69) is 36.7 Å². The van der Waals surface area contributed by atoms with E-state index in [1.165, 1.54) is 18.2 Å². The Morgan fingerprint density at radius 3 is 2.00 bits per heavy atom. The van der Waals surface area contributed by atoms with Gasteiger partial charge in [-0.25, -0.2) is 8.78 Å². The van der Waals surface area contributed by atoms with Crippen LogP contribution in [0.3, 0.4) is 0 Å². The van der Waals surface area contributed by atoms with Gasteiger partial charge in [-0.05, 0) is 43.9 Å². The van der Waals surface area contributed by atoms with Crippen molar-refractivity contribution in [2.24, 2.45) is 10.4 Å². The maximum absolute atomic E-state index is 14.5. The molecule has 4 heteroatoms. The zero-order valence-corrected chi connectivity index (χ0v) is 16.9. The quantitative estimate of drug-likeness (QED) is 0.495. The number of hydrogen-bond donors (Lipinski definition) is 0. The van der Waals surface area contributed by atoms with Gasteiger partial charge in [0.15, 0.2) is 0 Å². The summed E-state index contributed by atoms with van der Waals surface area (Å²) >= 11 is 3.49. The third-order valence-electron chi connectivity index (χ3n) is 3.71. The first-order chi connectivity index (χ1) is 11.5. The van der Waals surface area contributed by atoms with E-state index in [9.17, 15) is 8.78 Å². The van der Waals surface area contributed by atoms with Crippen molar-refractivity contribution in [3.8, 4) is 0 Å². The smallest absolute Gasteiger partial charge is 0.135 e. The lowest BCUT2D eigenvalue weighted by Crippen LogP contribution is -2.27. The minimum atomic E-state index is -0.610. The monoisotopic (exact) mass is 407 g/mol. The number of hydrogen-bond acceptors (Lipinski definition) is 1. The van der Waals surface area contributed by atoms with Crippen LogP contribution in [-0.2, 0) is 0 Å². The summed E-state index contributed by atoms with van der Waals surface area (Å²) in [4.78, 5) is 4.82. The van der Waals surface area contributed by atoms with Crippen LogP contribution >= 0.6 is 15.9 Å². The molecule has 0 aliphatic rings. The van der Waals surface area contributed by atoms with Gasteiger partial charge in [0.2, 0.25) is 0 Å². The molecule has 0 heterocycles. The highest BCUT2D eigenvalue weighted by Gasteiger charge is 2.28. The van der Waals surface area contributed by atoms with Gasteiger partial charge in [0.1, 0.15) is 11.6 Å². The van der Waals surface area contributed by atoms with Crippen molar-refractivity contribution < 1.29 is 8.78 Å². The van der Waals surface area contributed by atoms with Crippen LogP contribution < -0.4 is 0 Å². The van der Waals surface area contributed by atoms with E-state index in [1.54, 1.807) is 0 Å². The third kappa shape index (κ3) is 5.21. The molecule has 0 aliphatic carbocycles. The predicted octanol–water partition coefficient (Wildman–Crippen LogP) is 6.78. The van der Waals surface area contributed by atoms with Gasteiger partial charge >= 0.3 is 0 Å². The second kappa shape index (κ2) is 7.36. The molecule has 0 aliphatic heterocycles. The Hall–Kier alpha value is -1.55. The summed E-state index contributed by atoms with van der Waals surface area (Å²) in [5.41, 5.74) is 0.486. The standard InChI is InChI=1S/C21H24BrF2N/c1-20(2,3)13-21(4,5)25-19(14-9-6-7-10-15(14)22)18-16(23)11-8-12-17(18)24/h6-12H,13H2,1-5H3. The number of aliphatic imine (C=N–C) groups is 1. The van der Waals surface area contributed by atoms with Gasteiger partial charge in [-0.15, -0.1) is 0 Å². The van der Waals surface area contributed by atoms with Crippen molar-refractivity contribution in [2.45, 2.75) is 46.6 Å². The fourth-order valence-electron chi connectivity index (χ4n) is 3.27. The molecule has 0 aromatic heterocycles. The molecule has 0 unspecified atom stereocenters. The SMILES string of the molecule is CC(C)(C)CC(C)(C)N=C(c1ccccc1Br)c1c(F)cccc1F. The Morgan fingerprint density at radius 2 is 1.48 bits per heavy atom. The van der Waals surface area contributed by atoms with Crippen molar-refractivity contribution in [3.63, 3.8) is 0 Å². The molecule has 0 bridgehead atoms. The average molecular weight is 408 g/mol. The van der Waals surface area contributed by atoms with Gasteiger partial charge in [-0.3, -0.25) is 4.99 Å². The lowest BCUT2D eigenvalue weighted by atomic mass is 9.82. The van der Waals surface area contributed by atoms with Gasteiger partial charge in [0, 0.05) is 10.0 Å². The van der Waals surface area contributed by atoms with E-state index in [1.807, 2.05) is 38.1 Å². The number of rotatable bonds is 4. The zero-order chi connectivity index (χ0) is 18.8. The van der Waals surface area contributed by atoms with Crippen molar-refractivity contribution in [3.05, 3.63) is 69.7 Å². The molecule has 25 heavy (non-hydrogen) atoms. The Morgan fingerprint density at radius 1 is 0.920 bits per heavy atom. The predicted molar refractivity (Wildman–Crippen MR) is 104 cm³/mol. The molecule has 1 nitrogen and oxygen atoms in total. The number of benzene rings is 2. The Balaban J connectivity index is 2.70. The summed E-state index contributed by atoms with van der Waals surface area (Å²) in [6, 6.07) is 11.3. The van der Waals surface area contributed by atoms with Crippen LogP contribution in [0.15, 0.2) is 51.9 Å². The van der Waals surface area contributed by atoms with Crippen molar-refractivity contribution in [2.75, 3.05) is 0 Å². The van der Waals surface area contributed by atoms with Gasteiger partial charge < -0.3 is 0 Å².